The van der Waals surface area contributed by atoms with Crippen LogP contribution in [0.25, 0.3) is 0 Å². The van der Waals surface area contributed by atoms with Crippen LogP contribution >= 0.6 is 0 Å². The van der Waals surface area contributed by atoms with Gasteiger partial charge in [-0.3, -0.25) is 4.79 Å². The molecule has 132 valence electrons. The predicted molar refractivity (Wildman–Crippen MR) is 89.6 cm³/mol. The topological polar surface area (TPSA) is 29.1 Å². The Hall–Kier alpha value is -1.78. The van der Waals surface area contributed by atoms with Crippen molar-refractivity contribution in [3.63, 3.8) is 0 Å². The van der Waals surface area contributed by atoms with E-state index in [4.69, 9.17) is 0 Å². The number of ketones is 1. The molecule has 1 aromatic carbocycles. The van der Waals surface area contributed by atoms with Crippen molar-refractivity contribution in [2.24, 2.45) is 11.3 Å². The molecule has 0 heterocycles. The monoisotopic (exact) mass is 339 g/mol. The number of anilines is 1. The molecule has 2 nitrogen and oxygen atoms in total. The third-order valence-corrected chi connectivity index (χ3v) is 5.16. The molecular formula is C19H24F3NO. The standard InChI is InChI=1S/C19H24F3NO/c1-4-18(2,3)14-8-9-17(24)13(10-14)12-23-16-7-5-6-15(11-16)19(20,21)22/h5-7,11-12,14,23H,4,8-10H2,1-3H3/b13-12+/t14-/m0/s1. The van der Waals surface area contributed by atoms with Crippen molar-refractivity contribution in [3.8, 4) is 0 Å². The van der Waals surface area contributed by atoms with Gasteiger partial charge in [-0.15, -0.1) is 0 Å². The molecule has 0 aliphatic heterocycles. The summed E-state index contributed by atoms with van der Waals surface area (Å²) in [6.07, 6.45) is 0.286. The Morgan fingerprint density at radius 1 is 1.29 bits per heavy atom. The number of allylic oxidation sites excluding steroid dienone is 1. The molecule has 1 saturated carbocycles. The summed E-state index contributed by atoms with van der Waals surface area (Å²) in [4.78, 5) is 12.1. The number of hydrogen-bond donors (Lipinski definition) is 1. The molecule has 1 atom stereocenters. The zero-order valence-corrected chi connectivity index (χ0v) is 14.3. The van der Waals surface area contributed by atoms with Crippen LogP contribution in [0.1, 0.15) is 52.0 Å². The number of halogens is 3. The highest BCUT2D eigenvalue weighted by Gasteiger charge is 2.33. The molecule has 2 rings (SSSR count). The van der Waals surface area contributed by atoms with E-state index in [-0.39, 0.29) is 11.2 Å². The summed E-state index contributed by atoms with van der Waals surface area (Å²) in [6, 6.07) is 5.00. The fourth-order valence-corrected chi connectivity index (χ4v) is 3.00. The van der Waals surface area contributed by atoms with Gasteiger partial charge in [0.15, 0.2) is 5.78 Å². The molecule has 1 N–H and O–H groups in total. The molecule has 0 radical (unpaired) electrons. The Morgan fingerprint density at radius 3 is 2.62 bits per heavy atom. The Balaban J connectivity index is 2.14. The van der Waals surface area contributed by atoms with Crippen LogP contribution in [0.3, 0.4) is 0 Å². The molecular weight excluding hydrogens is 315 g/mol. The van der Waals surface area contributed by atoms with Crippen LogP contribution in [-0.4, -0.2) is 5.78 Å². The zero-order chi connectivity index (χ0) is 18.0. The lowest BCUT2D eigenvalue weighted by molar-refractivity contribution is -0.137. The summed E-state index contributed by atoms with van der Waals surface area (Å²) in [5, 5.41) is 2.86. The second-order valence-corrected chi connectivity index (χ2v) is 7.10. The van der Waals surface area contributed by atoms with Crippen molar-refractivity contribution in [1.82, 2.24) is 0 Å². The van der Waals surface area contributed by atoms with E-state index in [1.165, 1.54) is 6.07 Å². The van der Waals surface area contributed by atoms with Crippen molar-refractivity contribution in [3.05, 3.63) is 41.6 Å². The first-order valence-electron chi connectivity index (χ1n) is 8.29. The highest BCUT2D eigenvalue weighted by atomic mass is 19.4. The van der Waals surface area contributed by atoms with Crippen LogP contribution < -0.4 is 5.32 Å². The van der Waals surface area contributed by atoms with E-state index in [1.54, 1.807) is 12.3 Å². The van der Waals surface area contributed by atoms with E-state index in [0.717, 1.165) is 25.0 Å². The first-order valence-corrected chi connectivity index (χ1v) is 8.29. The normalized spacial score (nSPS) is 21.2. The van der Waals surface area contributed by atoms with E-state index >= 15 is 0 Å². The lowest BCUT2D eigenvalue weighted by Crippen LogP contribution is -2.29. The van der Waals surface area contributed by atoms with Crippen LogP contribution in [0.15, 0.2) is 36.0 Å². The molecule has 1 aliphatic rings. The van der Waals surface area contributed by atoms with Crippen LogP contribution in [-0.2, 0) is 11.0 Å². The van der Waals surface area contributed by atoms with Crippen molar-refractivity contribution in [2.75, 3.05) is 5.32 Å². The van der Waals surface area contributed by atoms with Gasteiger partial charge in [-0.05, 0) is 42.4 Å². The minimum atomic E-state index is -4.37. The molecule has 0 spiro atoms. The summed E-state index contributed by atoms with van der Waals surface area (Å²) in [7, 11) is 0. The Labute approximate surface area is 141 Å². The average molecular weight is 339 g/mol. The largest absolute Gasteiger partial charge is 0.416 e. The Morgan fingerprint density at radius 2 is 2.00 bits per heavy atom. The molecule has 1 aliphatic carbocycles. The second kappa shape index (κ2) is 6.99. The van der Waals surface area contributed by atoms with Gasteiger partial charge in [-0.1, -0.05) is 33.3 Å². The summed E-state index contributed by atoms with van der Waals surface area (Å²) < 4.78 is 38.2. The summed E-state index contributed by atoms with van der Waals surface area (Å²) in [6.45, 7) is 6.54. The smallest absolute Gasteiger partial charge is 0.361 e. The minimum absolute atomic E-state index is 0.0811. The summed E-state index contributed by atoms with van der Waals surface area (Å²) in [5.74, 6) is 0.493. The van der Waals surface area contributed by atoms with E-state index < -0.39 is 11.7 Å². The molecule has 0 aromatic heterocycles. The Kier molecular flexibility index (Phi) is 5.41. The SMILES string of the molecule is CCC(C)(C)[C@H]1CCC(=O)/C(=C/Nc2cccc(C(F)(F)F)c2)C1. The third kappa shape index (κ3) is 4.40. The third-order valence-electron chi connectivity index (χ3n) is 5.16. The highest BCUT2D eigenvalue weighted by Crippen LogP contribution is 2.41. The lowest BCUT2D eigenvalue weighted by Gasteiger charge is -2.36. The van der Waals surface area contributed by atoms with Crippen LogP contribution in [0.2, 0.25) is 0 Å². The van der Waals surface area contributed by atoms with E-state index in [9.17, 15) is 18.0 Å². The molecule has 1 fully saturated rings. The van der Waals surface area contributed by atoms with Crippen LogP contribution in [0.5, 0.6) is 0 Å². The van der Waals surface area contributed by atoms with E-state index in [0.29, 0.717) is 30.0 Å². The number of carbonyl (C=O) groups is 1. The zero-order valence-electron chi connectivity index (χ0n) is 14.3. The Bertz CT molecular complexity index is 632. The van der Waals surface area contributed by atoms with Crippen LogP contribution in [0.4, 0.5) is 18.9 Å². The summed E-state index contributed by atoms with van der Waals surface area (Å²) >= 11 is 0. The average Bonchev–Trinajstić information content (AvgIpc) is 2.53. The molecule has 0 bridgehead atoms. The van der Waals surface area contributed by atoms with Crippen molar-refractivity contribution >= 4 is 11.5 Å². The first-order chi connectivity index (χ1) is 11.1. The van der Waals surface area contributed by atoms with Crippen molar-refractivity contribution in [1.29, 1.82) is 0 Å². The van der Waals surface area contributed by atoms with Gasteiger partial charge in [-0.2, -0.15) is 13.2 Å². The molecule has 1 aromatic rings. The van der Waals surface area contributed by atoms with Gasteiger partial charge in [0.05, 0.1) is 5.56 Å². The number of rotatable bonds is 4. The maximum absolute atomic E-state index is 12.7. The number of alkyl halides is 3. The van der Waals surface area contributed by atoms with Gasteiger partial charge in [0.1, 0.15) is 0 Å². The molecule has 24 heavy (non-hydrogen) atoms. The number of benzene rings is 1. The van der Waals surface area contributed by atoms with Crippen LogP contribution in [0, 0.1) is 11.3 Å². The summed E-state index contributed by atoms with van der Waals surface area (Å²) in [5.41, 5.74) is 0.453. The number of nitrogens with one attached hydrogen (secondary N) is 1. The molecule has 0 amide bonds. The number of hydrogen-bond acceptors (Lipinski definition) is 2. The fourth-order valence-electron chi connectivity index (χ4n) is 3.00. The number of carbonyl (C=O) groups excluding carboxylic acids is 1. The van der Waals surface area contributed by atoms with Crippen molar-refractivity contribution in [2.45, 2.75) is 52.6 Å². The van der Waals surface area contributed by atoms with E-state index in [1.807, 2.05) is 0 Å². The molecule has 0 unspecified atom stereocenters. The van der Waals surface area contributed by atoms with Gasteiger partial charge in [0.25, 0.3) is 0 Å². The fraction of sp³-hybridized carbons (Fsp3) is 0.526. The van der Waals surface area contributed by atoms with Gasteiger partial charge in [0.2, 0.25) is 0 Å². The number of Topliss-reactive ketones (excluding diaryl/α,β-unsaturated/α-hetero) is 1. The van der Waals surface area contributed by atoms with E-state index in [2.05, 4.69) is 26.1 Å². The molecule has 0 saturated heterocycles. The maximum Gasteiger partial charge on any atom is 0.416 e. The maximum atomic E-state index is 12.7. The van der Waals surface area contributed by atoms with Gasteiger partial charge in [0, 0.05) is 23.9 Å². The quantitative estimate of drug-likeness (QED) is 0.702. The first kappa shape index (κ1) is 18.6. The predicted octanol–water partition coefficient (Wildman–Crippen LogP) is 5.81. The van der Waals surface area contributed by atoms with Gasteiger partial charge < -0.3 is 5.32 Å². The van der Waals surface area contributed by atoms with Gasteiger partial charge >= 0.3 is 6.18 Å². The molecule has 5 heteroatoms. The lowest BCUT2D eigenvalue weighted by atomic mass is 9.68. The highest BCUT2D eigenvalue weighted by molar-refractivity contribution is 5.96. The second-order valence-electron chi connectivity index (χ2n) is 7.10. The van der Waals surface area contributed by atoms with Crippen molar-refractivity contribution < 1.29 is 18.0 Å². The van der Waals surface area contributed by atoms with Gasteiger partial charge in [-0.25, -0.2) is 0 Å². The minimum Gasteiger partial charge on any atom is -0.361 e.